The molecule has 1 heterocycles. The van der Waals surface area contributed by atoms with E-state index in [2.05, 4.69) is 15.9 Å². The topological polar surface area (TPSA) is 68.5 Å². The summed E-state index contributed by atoms with van der Waals surface area (Å²) in [6, 6.07) is 5.64. The summed E-state index contributed by atoms with van der Waals surface area (Å²) in [6.07, 6.45) is 0. The first kappa shape index (κ1) is 16.5. The average molecular weight is 408 g/mol. The maximum atomic E-state index is 11.9. The SMILES string of the molecule is O=C(O)CSC(=S)OCCn1c(=O)sc2cc(Br)ccc21. The molecule has 0 aliphatic carbocycles. The number of fused-ring (bicyclic) bond motifs is 1. The van der Waals surface area contributed by atoms with E-state index in [0.29, 0.717) is 6.54 Å². The number of ether oxygens (including phenoxy) is 1. The van der Waals surface area contributed by atoms with Gasteiger partial charge in [0.25, 0.3) is 0 Å². The zero-order chi connectivity index (χ0) is 15.4. The van der Waals surface area contributed by atoms with Crippen molar-refractivity contribution in [2.45, 2.75) is 6.54 Å². The molecule has 0 aliphatic heterocycles. The molecule has 9 heteroatoms. The Morgan fingerprint density at radius 1 is 1.52 bits per heavy atom. The van der Waals surface area contributed by atoms with Gasteiger partial charge in [0.15, 0.2) is 0 Å². The summed E-state index contributed by atoms with van der Waals surface area (Å²) in [5.74, 6) is -1.08. The zero-order valence-electron chi connectivity index (χ0n) is 10.6. The summed E-state index contributed by atoms with van der Waals surface area (Å²) in [4.78, 5) is 22.3. The van der Waals surface area contributed by atoms with Crippen molar-refractivity contribution < 1.29 is 14.6 Å². The molecule has 0 atom stereocenters. The predicted octanol–water partition coefficient (Wildman–Crippen LogP) is 2.94. The molecule has 0 aliphatic rings. The Balaban J connectivity index is 1.98. The monoisotopic (exact) mass is 407 g/mol. The fraction of sp³-hybridized carbons (Fsp3) is 0.250. The first-order valence-corrected chi connectivity index (χ1v) is 8.78. The second kappa shape index (κ2) is 7.39. The minimum atomic E-state index is -0.948. The predicted molar refractivity (Wildman–Crippen MR) is 92.4 cm³/mol. The van der Waals surface area contributed by atoms with Crippen LogP contribution in [-0.2, 0) is 16.1 Å². The van der Waals surface area contributed by atoms with Crippen molar-refractivity contribution in [1.82, 2.24) is 4.57 Å². The molecule has 112 valence electrons. The van der Waals surface area contributed by atoms with E-state index in [1.807, 2.05) is 18.2 Å². The Labute approximate surface area is 142 Å². The molecule has 0 spiro atoms. The van der Waals surface area contributed by atoms with E-state index < -0.39 is 5.97 Å². The largest absolute Gasteiger partial charge is 0.481 e. The molecule has 0 unspecified atom stereocenters. The number of rotatable bonds is 5. The van der Waals surface area contributed by atoms with Crippen LogP contribution >= 0.6 is 51.2 Å². The maximum absolute atomic E-state index is 11.9. The number of carbonyl (C=O) groups is 1. The van der Waals surface area contributed by atoms with Gasteiger partial charge in [0.05, 0.1) is 22.5 Å². The van der Waals surface area contributed by atoms with Gasteiger partial charge in [-0.2, -0.15) is 0 Å². The molecule has 2 rings (SSSR count). The van der Waals surface area contributed by atoms with E-state index in [-0.39, 0.29) is 21.6 Å². The van der Waals surface area contributed by atoms with Gasteiger partial charge in [-0.25, -0.2) is 0 Å². The molecule has 0 bridgehead atoms. The number of hydrogen-bond donors (Lipinski definition) is 1. The van der Waals surface area contributed by atoms with Crippen LogP contribution in [0.1, 0.15) is 0 Å². The van der Waals surface area contributed by atoms with Crippen molar-refractivity contribution >= 4 is 71.8 Å². The molecule has 0 radical (unpaired) electrons. The summed E-state index contributed by atoms with van der Waals surface area (Å²) in [5.41, 5.74) is 0.848. The van der Waals surface area contributed by atoms with Gasteiger partial charge in [-0.3, -0.25) is 14.2 Å². The molecule has 0 saturated heterocycles. The highest BCUT2D eigenvalue weighted by atomic mass is 79.9. The second-order valence-electron chi connectivity index (χ2n) is 3.91. The number of benzene rings is 1. The lowest BCUT2D eigenvalue weighted by Gasteiger charge is -2.07. The van der Waals surface area contributed by atoms with Crippen molar-refractivity contribution in [2.75, 3.05) is 12.4 Å². The first-order chi connectivity index (χ1) is 9.97. The van der Waals surface area contributed by atoms with Crippen molar-refractivity contribution in [3.05, 3.63) is 32.3 Å². The summed E-state index contributed by atoms with van der Waals surface area (Å²) in [6.45, 7) is 0.599. The third-order valence-electron chi connectivity index (χ3n) is 2.48. The number of halogens is 1. The van der Waals surface area contributed by atoms with Gasteiger partial charge in [-0.05, 0) is 30.4 Å². The molecular formula is C12H10BrNO4S3. The van der Waals surface area contributed by atoms with Crippen LogP contribution in [-0.4, -0.2) is 32.4 Å². The third kappa shape index (κ3) is 4.53. The number of thiocarbonyl (C=S) groups is 1. The molecule has 2 aromatic rings. The highest BCUT2D eigenvalue weighted by Crippen LogP contribution is 2.22. The molecule has 21 heavy (non-hydrogen) atoms. The Kier molecular flexibility index (Phi) is 5.80. The molecule has 5 nitrogen and oxygen atoms in total. The molecule has 0 amide bonds. The molecule has 0 fully saturated rings. The molecule has 1 aromatic heterocycles. The lowest BCUT2D eigenvalue weighted by molar-refractivity contribution is -0.133. The van der Waals surface area contributed by atoms with E-state index in [0.717, 1.165) is 26.5 Å². The zero-order valence-corrected chi connectivity index (χ0v) is 14.6. The van der Waals surface area contributed by atoms with E-state index in [1.54, 1.807) is 4.57 Å². The fourth-order valence-corrected chi connectivity index (χ4v) is 3.77. The maximum Gasteiger partial charge on any atom is 0.313 e. The highest BCUT2D eigenvalue weighted by molar-refractivity contribution is 9.10. The summed E-state index contributed by atoms with van der Waals surface area (Å²) in [5, 5.41) is 8.53. The fourth-order valence-electron chi connectivity index (χ4n) is 1.63. The summed E-state index contributed by atoms with van der Waals surface area (Å²) >= 11 is 10.4. The van der Waals surface area contributed by atoms with E-state index in [4.69, 9.17) is 22.1 Å². The molecule has 1 N–H and O–H groups in total. The van der Waals surface area contributed by atoms with Crippen LogP contribution in [0.3, 0.4) is 0 Å². The van der Waals surface area contributed by atoms with Gasteiger partial charge in [0.2, 0.25) is 4.38 Å². The van der Waals surface area contributed by atoms with Gasteiger partial charge in [0.1, 0.15) is 6.61 Å². The van der Waals surface area contributed by atoms with Crippen molar-refractivity contribution in [3.8, 4) is 0 Å². The minimum Gasteiger partial charge on any atom is -0.481 e. The minimum absolute atomic E-state index is 0.0594. The lowest BCUT2D eigenvalue weighted by atomic mass is 10.3. The quantitative estimate of drug-likeness (QED) is 0.768. The number of carboxylic acid groups (broad SMARTS) is 1. The Morgan fingerprint density at radius 2 is 2.29 bits per heavy atom. The Bertz CT molecular complexity index is 740. The van der Waals surface area contributed by atoms with Crippen LogP contribution in [0, 0.1) is 0 Å². The smallest absolute Gasteiger partial charge is 0.313 e. The van der Waals surface area contributed by atoms with Gasteiger partial charge < -0.3 is 9.84 Å². The Hall–Kier alpha value is -0.900. The van der Waals surface area contributed by atoms with Gasteiger partial charge in [0, 0.05) is 4.47 Å². The van der Waals surface area contributed by atoms with E-state index in [1.165, 1.54) is 11.3 Å². The number of thioether (sulfide) groups is 1. The normalized spacial score (nSPS) is 10.7. The number of aromatic nitrogens is 1. The number of hydrogen-bond acceptors (Lipinski definition) is 6. The van der Waals surface area contributed by atoms with Crippen molar-refractivity contribution in [1.29, 1.82) is 0 Å². The molecule has 1 aromatic carbocycles. The second-order valence-corrected chi connectivity index (χ2v) is 7.40. The highest BCUT2D eigenvalue weighted by Gasteiger charge is 2.09. The van der Waals surface area contributed by atoms with Gasteiger partial charge in [-0.1, -0.05) is 39.0 Å². The summed E-state index contributed by atoms with van der Waals surface area (Å²) in [7, 11) is 0. The van der Waals surface area contributed by atoms with Crippen LogP contribution in [0.15, 0.2) is 27.5 Å². The van der Waals surface area contributed by atoms with Crippen LogP contribution in [0.2, 0.25) is 0 Å². The van der Waals surface area contributed by atoms with Crippen molar-refractivity contribution in [2.24, 2.45) is 0 Å². The van der Waals surface area contributed by atoms with Crippen LogP contribution < -0.4 is 4.87 Å². The van der Waals surface area contributed by atoms with E-state index in [9.17, 15) is 9.59 Å². The van der Waals surface area contributed by atoms with Crippen LogP contribution in [0.4, 0.5) is 0 Å². The van der Waals surface area contributed by atoms with Crippen LogP contribution in [0.5, 0.6) is 0 Å². The van der Waals surface area contributed by atoms with Gasteiger partial charge >= 0.3 is 10.8 Å². The number of nitrogens with zero attached hydrogens (tertiary/aromatic N) is 1. The molecule has 0 saturated carbocycles. The molecular weight excluding hydrogens is 398 g/mol. The summed E-state index contributed by atoms with van der Waals surface area (Å²) < 4.78 is 8.88. The number of carboxylic acids is 1. The average Bonchev–Trinajstić information content (AvgIpc) is 2.72. The lowest BCUT2D eigenvalue weighted by Crippen LogP contribution is -2.17. The van der Waals surface area contributed by atoms with E-state index >= 15 is 0 Å². The third-order valence-corrected chi connectivity index (χ3v) is 5.13. The van der Waals surface area contributed by atoms with Crippen LogP contribution in [0.25, 0.3) is 10.2 Å². The number of aliphatic carboxylic acids is 1. The standard InChI is InChI=1S/C12H10BrNO4S3/c13-7-1-2-8-9(5-7)21-11(17)14(8)3-4-18-12(19)20-6-10(15)16/h1-2,5H,3-4,6H2,(H,15,16). The Morgan fingerprint density at radius 3 is 3.00 bits per heavy atom. The first-order valence-electron chi connectivity index (χ1n) is 5.77. The number of thiazole rings is 1. The van der Waals surface area contributed by atoms with Crippen molar-refractivity contribution in [3.63, 3.8) is 0 Å². The van der Waals surface area contributed by atoms with Gasteiger partial charge in [-0.15, -0.1) is 0 Å².